The summed E-state index contributed by atoms with van der Waals surface area (Å²) in [5, 5.41) is 16.4. The molecule has 0 bridgehead atoms. The highest BCUT2D eigenvalue weighted by Crippen LogP contribution is 2.14. The van der Waals surface area contributed by atoms with E-state index in [-0.39, 0.29) is 4.90 Å². The van der Waals surface area contributed by atoms with Crippen LogP contribution in [0.25, 0.3) is 0 Å². The van der Waals surface area contributed by atoms with Crippen LogP contribution < -0.4 is 10.0 Å². The van der Waals surface area contributed by atoms with Crippen molar-refractivity contribution in [2.24, 2.45) is 0 Å². The molecule has 114 valence electrons. The quantitative estimate of drug-likeness (QED) is 0.680. The zero-order chi connectivity index (χ0) is 15.3. The van der Waals surface area contributed by atoms with Crippen molar-refractivity contribution in [2.75, 3.05) is 6.54 Å². The third-order valence-electron chi connectivity index (χ3n) is 2.89. The Kier molecular flexibility index (Phi) is 4.99. The fraction of sp³-hybridized carbons (Fsp3) is 0.417. The molecule has 2 rings (SSSR count). The molecule has 1 unspecified atom stereocenters. The highest BCUT2D eigenvalue weighted by molar-refractivity contribution is 7.89. The van der Waals surface area contributed by atoms with Gasteiger partial charge in [0.25, 0.3) is 0 Å². The van der Waals surface area contributed by atoms with Crippen LogP contribution in [0.4, 0.5) is 0 Å². The van der Waals surface area contributed by atoms with Gasteiger partial charge in [-0.2, -0.15) is 5.21 Å². The molecule has 9 heteroatoms. The summed E-state index contributed by atoms with van der Waals surface area (Å²) in [6, 6.07) is 6.18. The van der Waals surface area contributed by atoms with Crippen LogP contribution >= 0.6 is 0 Å². The van der Waals surface area contributed by atoms with Gasteiger partial charge in [-0.1, -0.05) is 24.3 Å². The average molecular weight is 310 g/mol. The summed E-state index contributed by atoms with van der Waals surface area (Å²) in [7, 11) is -3.61. The summed E-state index contributed by atoms with van der Waals surface area (Å²) >= 11 is 0. The highest BCUT2D eigenvalue weighted by atomic mass is 32.2. The lowest BCUT2D eigenvalue weighted by Gasteiger charge is -2.11. The summed E-state index contributed by atoms with van der Waals surface area (Å²) in [5.41, 5.74) is 1.03. The van der Waals surface area contributed by atoms with Crippen molar-refractivity contribution < 1.29 is 8.42 Å². The van der Waals surface area contributed by atoms with E-state index in [0.717, 1.165) is 12.1 Å². The lowest BCUT2D eigenvalue weighted by molar-refractivity contribution is 0.560. The van der Waals surface area contributed by atoms with Crippen LogP contribution in [0.3, 0.4) is 0 Å². The van der Waals surface area contributed by atoms with Crippen molar-refractivity contribution in [1.82, 2.24) is 30.7 Å². The van der Waals surface area contributed by atoms with E-state index >= 15 is 0 Å². The Balaban J connectivity index is 2.08. The molecule has 0 aliphatic carbocycles. The van der Waals surface area contributed by atoms with Crippen molar-refractivity contribution in [2.45, 2.75) is 31.3 Å². The third kappa shape index (κ3) is 4.06. The van der Waals surface area contributed by atoms with Crippen molar-refractivity contribution >= 4 is 10.0 Å². The van der Waals surface area contributed by atoms with Crippen molar-refractivity contribution in [3.63, 3.8) is 0 Å². The Morgan fingerprint density at radius 2 is 2.00 bits per heavy atom. The zero-order valence-electron chi connectivity index (χ0n) is 11.9. The minimum atomic E-state index is -3.61. The van der Waals surface area contributed by atoms with Crippen molar-refractivity contribution in [1.29, 1.82) is 0 Å². The number of tetrazole rings is 1. The second-order valence-corrected chi connectivity index (χ2v) is 6.25. The molecule has 0 amide bonds. The van der Waals surface area contributed by atoms with Crippen LogP contribution in [0, 0.1) is 0 Å². The maximum absolute atomic E-state index is 12.3. The molecular weight excluding hydrogens is 292 g/mol. The maximum atomic E-state index is 12.3. The molecule has 0 spiro atoms. The van der Waals surface area contributed by atoms with E-state index in [4.69, 9.17) is 0 Å². The van der Waals surface area contributed by atoms with Gasteiger partial charge < -0.3 is 5.32 Å². The van der Waals surface area contributed by atoms with Crippen LogP contribution in [0.5, 0.6) is 0 Å². The van der Waals surface area contributed by atoms with Crippen LogP contribution in [0.1, 0.15) is 31.3 Å². The summed E-state index contributed by atoms with van der Waals surface area (Å²) in [6.07, 6.45) is 0. The Bertz CT molecular complexity index is 654. The van der Waals surface area contributed by atoms with Gasteiger partial charge in [-0.05, 0) is 31.2 Å². The molecule has 8 nitrogen and oxygen atoms in total. The molecule has 21 heavy (non-hydrogen) atoms. The molecule has 0 saturated heterocycles. The van der Waals surface area contributed by atoms with E-state index in [0.29, 0.717) is 12.4 Å². The predicted octanol–water partition coefficient (Wildman–Crippen LogP) is 0.349. The second kappa shape index (κ2) is 6.74. The van der Waals surface area contributed by atoms with Crippen molar-refractivity contribution in [3.05, 3.63) is 35.7 Å². The van der Waals surface area contributed by atoms with Gasteiger partial charge in [0.15, 0.2) is 5.82 Å². The monoisotopic (exact) mass is 310 g/mol. The summed E-state index contributed by atoms with van der Waals surface area (Å²) < 4.78 is 27.0. The fourth-order valence-corrected chi connectivity index (χ4v) is 2.96. The lowest BCUT2D eigenvalue weighted by Crippen LogP contribution is -2.27. The molecule has 1 atom stereocenters. The number of hydrogen-bond acceptors (Lipinski definition) is 6. The van der Waals surface area contributed by atoms with E-state index < -0.39 is 16.1 Å². The maximum Gasteiger partial charge on any atom is 0.241 e. The fourth-order valence-electron chi connectivity index (χ4n) is 1.76. The van der Waals surface area contributed by atoms with Gasteiger partial charge in [0, 0.05) is 6.54 Å². The summed E-state index contributed by atoms with van der Waals surface area (Å²) in [4.78, 5) is 0.207. The van der Waals surface area contributed by atoms with Crippen LogP contribution in [-0.4, -0.2) is 35.6 Å². The van der Waals surface area contributed by atoms with Crippen LogP contribution in [0.15, 0.2) is 29.2 Å². The number of aromatic amines is 1. The Labute approximate surface area is 123 Å². The number of hydrogen-bond donors (Lipinski definition) is 3. The Morgan fingerprint density at radius 1 is 1.29 bits per heavy atom. The van der Waals surface area contributed by atoms with Crippen molar-refractivity contribution in [3.8, 4) is 0 Å². The number of benzene rings is 1. The lowest BCUT2D eigenvalue weighted by atomic mass is 10.2. The number of nitrogens with one attached hydrogen (secondary N) is 3. The topological polar surface area (TPSA) is 113 Å². The minimum Gasteiger partial charge on any atom is -0.313 e. The van der Waals surface area contributed by atoms with Gasteiger partial charge in [0.1, 0.15) is 0 Å². The van der Waals surface area contributed by atoms with Gasteiger partial charge >= 0.3 is 0 Å². The highest BCUT2D eigenvalue weighted by Gasteiger charge is 2.20. The summed E-state index contributed by atoms with van der Waals surface area (Å²) in [5.74, 6) is 0.294. The third-order valence-corrected chi connectivity index (χ3v) is 4.45. The first-order valence-corrected chi connectivity index (χ1v) is 8.06. The Hall–Kier alpha value is -1.84. The molecule has 0 aliphatic heterocycles. The molecule has 0 fully saturated rings. The molecule has 1 aromatic heterocycles. The first kappa shape index (κ1) is 15.5. The van der Waals surface area contributed by atoms with E-state index in [1.165, 1.54) is 0 Å². The van der Waals surface area contributed by atoms with Gasteiger partial charge in [-0.15, -0.1) is 10.2 Å². The van der Waals surface area contributed by atoms with E-state index in [1.807, 2.05) is 6.92 Å². The molecular formula is C12H18N6O2S. The SMILES string of the molecule is CCNCc1ccc(S(=O)(=O)NC(C)c2nn[nH]n2)cc1. The van der Waals surface area contributed by atoms with E-state index in [9.17, 15) is 8.42 Å². The smallest absolute Gasteiger partial charge is 0.241 e. The normalized spacial score (nSPS) is 13.2. The molecule has 3 N–H and O–H groups in total. The van der Waals surface area contributed by atoms with Crippen LogP contribution in [0.2, 0.25) is 0 Å². The van der Waals surface area contributed by atoms with Gasteiger partial charge in [0.05, 0.1) is 10.9 Å². The minimum absolute atomic E-state index is 0.207. The second-order valence-electron chi connectivity index (χ2n) is 4.54. The molecule has 1 heterocycles. The van der Waals surface area contributed by atoms with E-state index in [1.54, 1.807) is 31.2 Å². The van der Waals surface area contributed by atoms with Gasteiger partial charge in [-0.25, -0.2) is 13.1 Å². The predicted molar refractivity (Wildman–Crippen MR) is 76.7 cm³/mol. The molecule has 0 aliphatic rings. The number of nitrogens with zero attached hydrogens (tertiary/aromatic N) is 3. The number of aromatic nitrogens is 4. The van der Waals surface area contributed by atoms with E-state index in [2.05, 4.69) is 30.7 Å². The summed E-state index contributed by atoms with van der Waals surface area (Å²) in [6.45, 7) is 5.25. The first-order chi connectivity index (χ1) is 10.0. The van der Waals surface area contributed by atoms with Gasteiger partial charge in [-0.3, -0.25) is 0 Å². The van der Waals surface area contributed by atoms with Crippen LogP contribution in [-0.2, 0) is 16.6 Å². The number of rotatable bonds is 7. The molecule has 0 saturated carbocycles. The largest absolute Gasteiger partial charge is 0.313 e. The standard InChI is InChI=1S/C12H18N6O2S/c1-3-13-8-10-4-6-11(7-5-10)21(19,20)16-9(2)12-14-17-18-15-12/h4-7,9,13,16H,3,8H2,1-2H3,(H,14,15,17,18). The molecule has 2 aromatic rings. The average Bonchev–Trinajstić information content (AvgIpc) is 2.99. The zero-order valence-corrected chi connectivity index (χ0v) is 12.7. The number of H-pyrrole nitrogens is 1. The molecule has 0 radical (unpaired) electrons. The number of sulfonamides is 1. The first-order valence-electron chi connectivity index (χ1n) is 6.58. The van der Waals surface area contributed by atoms with Gasteiger partial charge in [0.2, 0.25) is 10.0 Å². The molecule has 1 aromatic carbocycles. The Morgan fingerprint density at radius 3 is 2.57 bits per heavy atom.